The van der Waals surface area contributed by atoms with Gasteiger partial charge in [-0.3, -0.25) is 4.79 Å². The van der Waals surface area contributed by atoms with Gasteiger partial charge in [-0.05, 0) is 76.2 Å². The average molecular weight is 330 g/mol. The van der Waals surface area contributed by atoms with Gasteiger partial charge in [0.2, 0.25) is 0 Å². The molecule has 0 spiro atoms. The lowest BCUT2D eigenvalue weighted by molar-refractivity contribution is 0.0714. The third-order valence-corrected chi connectivity index (χ3v) is 5.43. The van der Waals surface area contributed by atoms with Crippen molar-refractivity contribution in [2.75, 3.05) is 33.7 Å². The molecule has 2 fully saturated rings. The van der Waals surface area contributed by atoms with Crippen LogP contribution in [0.4, 0.5) is 0 Å². The quantitative estimate of drug-likeness (QED) is 0.870. The topological polar surface area (TPSA) is 43.8 Å². The number of hydrogen-bond acceptors (Lipinski definition) is 3. The van der Waals surface area contributed by atoms with Crippen molar-refractivity contribution in [3.05, 3.63) is 35.4 Å². The Morgan fingerprint density at radius 2 is 1.96 bits per heavy atom. The smallest absolute Gasteiger partial charge is 0.253 e. The summed E-state index contributed by atoms with van der Waals surface area (Å²) in [5.41, 5.74) is 1.24. The fourth-order valence-corrected chi connectivity index (χ4v) is 4.00. The summed E-state index contributed by atoms with van der Waals surface area (Å²) in [5.74, 6) is 2.35. The summed E-state index contributed by atoms with van der Waals surface area (Å²) < 4.78 is 0. The Hall–Kier alpha value is -1.39. The van der Waals surface area contributed by atoms with E-state index >= 15 is 0 Å². The molecule has 24 heavy (non-hydrogen) atoms. The van der Waals surface area contributed by atoms with Gasteiger partial charge in [-0.2, -0.15) is 0 Å². The Morgan fingerprint density at radius 3 is 2.54 bits per heavy atom. The third kappa shape index (κ3) is 3.98. The van der Waals surface area contributed by atoms with Gasteiger partial charge in [0.25, 0.3) is 5.91 Å². The number of carbonyl (C=O) groups excluding carboxylic acids is 1. The molecule has 4 heteroatoms. The molecular formula is C20H30N2O2. The van der Waals surface area contributed by atoms with Gasteiger partial charge in [-0.25, -0.2) is 0 Å². The van der Waals surface area contributed by atoms with E-state index in [1.165, 1.54) is 0 Å². The van der Waals surface area contributed by atoms with Crippen molar-refractivity contribution in [2.45, 2.75) is 32.3 Å². The molecule has 1 aromatic rings. The molecule has 4 nitrogen and oxygen atoms in total. The second kappa shape index (κ2) is 6.49. The zero-order valence-electron chi connectivity index (χ0n) is 15.3. The van der Waals surface area contributed by atoms with E-state index in [-0.39, 0.29) is 5.91 Å². The minimum atomic E-state index is -0.669. The van der Waals surface area contributed by atoms with Gasteiger partial charge in [0, 0.05) is 25.2 Å². The lowest BCUT2D eigenvalue weighted by Crippen LogP contribution is -2.33. The molecule has 132 valence electrons. The average Bonchev–Trinajstić information content (AvgIpc) is 2.95. The Balaban J connectivity index is 1.57. The van der Waals surface area contributed by atoms with E-state index in [9.17, 15) is 9.90 Å². The molecule has 1 heterocycles. The molecule has 1 N–H and O–H groups in total. The summed E-state index contributed by atoms with van der Waals surface area (Å²) in [6.45, 7) is 6.61. The van der Waals surface area contributed by atoms with Crippen LogP contribution < -0.4 is 0 Å². The van der Waals surface area contributed by atoms with Crippen LogP contribution in [0.5, 0.6) is 0 Å². The van der Waals surface area contributed by atoms with Crippen LogP contribution in [0.25, 0.3) is 0 Å². The van der Waals surface area contributed by atoms with Crippen LogP contribution in [-0.4, -0.2) is 60.1 Å². The highest BCUT2D eigenvalue weighted by Crippen LogP contribution is 2.52. The van der Waals surface area contributed by atoms with Gasteiger partial charge in [0.05, 0.1) is 5.60 Å². The van der Waals surface area contributed by atoms with E-state index < -0.39 is 5.60 Å². The van der Waals surface area contributed by atoms with Gasteiger partial charge in [-0.15, -0.1) is 0 Å². The second-order valence-electron chi connectivity index (χ2n) is 8.48. The molecule has 1 aromatic carbocycles. The van der Waals surface area contributed by atoms with E-state index in [4.69, 9.17) is 0 Å². The first-order chi connectivity index (χ1) is 11.2. The number of carbonyl (C=O) groups is 1. The molecule has 3 atom stereocenters. The highest BCUT2D eigenvalue weighted by Gasteiger charge is 2.56. The van der Waals surface area contributed by atoms with Crippen molar-refractivity contribution < 1.29 is 9.90 Å². The van der Waals surface area contributed by atoms with Gasteiger partial charge >= 0.3 is 0 Å². The SMILES string of the molecule is CN(C)CC1[C@H]2CN(C(=O)c3cccc(CCC(C)(C)O)c3)C[C@@H]12. The van der Waals surface area contributed by atoms with E-state index in [1.807, 2.05) is 43.0 Å². The monoisotopic (exact) mass is 330 g/mol. The van der Waals surface area contributed by atoms with Gasteiger partial charge in [0.15, 0.2) is 0 Å². The lowest BCUT2D eigenvalue weighted by atomic mass is 9.97. The van der Waals surface area contributed by atoms with E-state index in [0.29, 0.717) is 18.3 Å². The van der Waals surface area contributed by atoms with Crippen LogP contribution >= 0.6 is 0 Å². The molecule has 1 unspecified atom stereocenters. The first kappa shape index (κ1) is 17.4. The zero-order valence-corrected chi connectivity index (χ0v) is 15.3. The Morgan fingerprint density at radius 1 is 1.29 bits per heavy atom. The minimum absolute atomic E-state index is 0.163. The maximum absolute atomic E-state index is 12.8. The van der Waals surface area contributed by atoms with Crippen molar-refractivity contribution in [2.24, 2.45) is 17.8 Å². The fraction of sp³-hybridized carbons (Fsp3) is 0.650. The van der Waals surface area contributed by atoms with Gasteiger partial charge < -0.3 is 14.9 Å². The number of benzene rings is 1. The minimum Gasteiger partial charge on any atom is -0.390 e. The summed E-state index contributed by atoms with van der Waals surface area (Å²) in [5, 5.41) is 9.87. The normalized spacial score (nSPS) is 25.9. The van der Waals surface area contributed by atoms with Crippen molar-refractivity contribution in [3.8, 4) is 0 Å². The number of rotatable bonds is 6. The largest absolute Gasteiger partial charge is 0.390 e. The maximum Gasteiger partial charge on any atom is 0.253 e. The van der Waals surface area contributed by atoms with Crippen molar-refractivity contribution >= 4 is 5.91 Å². The van der Waals surface area contributed by atoms with Crippen LogP contribution in [0.15, 0.2) is 24.3 Å². The summed E-state index contributed by atoms with van der Waals surface area (Å²) >= 11 is 0. The number of aryl methyl sites for hydroxylation is 1. The molecule has 1 saturated heterocycles. The molecule has 0 aromatic heterocycles. The summed E-state index contributed by atoms with van der Waals surface area (Å²) in [4.78, 5) is 17.0. The molecule has 0 radical (unpaired) electrons. The number of fused-ring (bicyclic) bond motifs is 1. The Kier molecular flexibility index (Phi) is 4.71. The molecule has 2 aliphatic rings. The van der Waals surface area contributed by atoms with Crippen molar-refractivity contribution in [1.29, 1.82) is 0 Å². The van der Waals surface area contributed by atoms with Gasteiger partial charge in [-0.1, -0.05) is 12.1 Å². The Labute approximate surface area is 145 Å². The van der Waals surface area contributed by atoms with Crippen molar-refractivity contribution in [3.63, 3.8) is 0 Å². The molecule has 1 saturated carbocycles. The van der Waals surface area contributed by atoms with E-state index in [1.54, 1.807) is 0 Å². The summed E-state index contributed by atoms with van der Waals surface area (Å²) in [6.07, 6.45) is 1.49. The van der Waals surface area contributed by atoms with Gasteiger partial charge in [0.1, 0.15) is 0 Å². The zero-order chi connectivity index (χ0) is 17.5. The third-order valence-electron chi connectivity index (χ3n) is 5.43. The van der Waals surface area contributed by atoms with E-state index in [0.717, 1.165) is 43.1 Å². The highest BCUT2D eigenvalue weighted by molar-refractivity contribution is 5.94. The van der Waals surface area contributed by atoms with Crippen molar-refractivity contribution in [1.82, 2.24) is 9.80 Å². The lowest BCUT2D eigenvalue weighted by Gasteiger charge is -2.21. The summed E-state index contributed by atoms with van der Waals surface area (Å²) in [7, 11) is 4.24. The van der Waals surface area contributed by atoms with Crippen LogP contribution in [0, 0.1) is 17.8 Å². The molecule has 0 bridgehead atoms. The fourth-order valence-electron chi connectivity index (χ4n) is 4.00. The number of nitrogens with zero attached hydrogens (tertiary/aromatic N) is 2. The molecule has 3 rings (SSSR count). The molecule has 1 amide bonds. The molecular weight excluding hydrogens is 300 g/mol. The van der Waals surface area contributed by atoms with E-state index in [2.05, 4.69) is 19.0 Å². The molecule has 1 aliphatic carbocycles. The van der Waals surface area contributed by atoms with Crippen LogP contribution in [0.2, 0.25) is 0 Å². The second-order valence-corrected chi connectivity index (χ2v) is 8.48. The van der Waals surface area contributed by atoms with Crippen LogP contribution in [0.3, 0.4) is 0 Å². The first-order valence-electron chi connectivity index (χ1n) is 9.00. The predicted molar refractivity (Wildman–Crippen MR) is 96.0 cm³/mol. The maximum atomic E-state index is 12.8. The first-order valence-corrected chi connectivity index (χ1v) is 9.00. The highest BCUT2D eigenvalue weighted by atomic mass is 16.3. The predicted octanol–water partition coefficient (Wildman–Crippen LogP) is 2.27. The molecule has 1 aliphatic heterocycles. The van der Waals surface area contributed by atoms with Crippen LogP contribution in [0.1, 0.15) is 36.2 Å². The number of aliphatic hydroxyl groups is 1. The number of amides is 1. The number of piperidine rings is 1. The Bertz CT molecular complexity index is 594. The standard InChI is InChI=1S/C20H30N2O2/c1-20(2,24)9-8-14-6-5-7-15(10-14)19(23)22-12-17-16(11-21(3)4)18(17)13-22/h5-7,10,16-18,24H,8-9,11-13H2,1-4H3/t16?,17-,18+. The van der Waals surface area contributed by atoms with Crippen LogP contribution in [-0.2, 0) is 6.42 Å². The summed E-state index contributed by atoms with van der Waals surface area (Å²) in [6, 6.07) is 7.90. The number of hydrogen-bond donors (Lipinski definition) is 1. The number of likely N-dealkylation sites (tertiary alicyclic amines) is 1.